The van der Waals surface area contributed by atoms with E-state index >= 15 is 0 Å². The fraction of sp³-hybridized carbons (Fsp3) is 0.0476. The van der Waals surface area contributed by atoms with Gasteiger partial charge in [0, 0.05) is 16.1 Å². The topological polar surface area (TPSA) is 93.7 Å². The Labute approximate surface area is 170 Å². The molecular formula is C21H15ClN2O5. The normalized spacial score (nSPS) is 10.7. The monoisotopic (exact) mass is 410 g/mol. The fourth-order valence-corrected chi connectivity index (χ4v) is 2.97. The van der Waals surface area contributed by atoms with E-state index in [0.29, 0.717) is 33.1 Å². The van der Waals surface area contributed by atoms with Crippen molar-refractivity contribution in [2.24, 2.45) is 0 Å². The number of amides is 2. The number of halogens is 1. The van der Waals surface area contributed by atoms with Crippen LogP contribution in [0.2, 0.25) is 5.02 Å². The Kier molecular flexibility index (Phi) is 4.97. The lowest BCUT2D eigenvalue weighted by Gasteiger charge is -2.12. The van der Waals surface area contributed by atoms with Crippen LogP contribution in [0, 0.1) is 0 Å². The molecule has 0 spiro atoms. The zero-order valence-corrected chi connectivity index (χ0v) is 15.9. The summed E-state index contributed by atoms with van der Waals surface area (Å²) in [7, 11) is 1.48. The van der Waals surface area contributed by atoms with Crippen molar-refractivity contribution in [2.75, 3.05) is 17.7 Å². The van der Waals surface area contributed by atoms with Crippen LogP contribution in [0.1, 0.15) is 21.1 Å². The van der Waals surface area contributed by atoms with Crippen LogP contribution in [-0.2, 0) is 0 Å². The lowest BCUT2D eigenvalue weighted by molar-refractivity contribution is 0.0991. The molecule has 146 valence electrons. The predicted molar refractivity (Wildman–Crippen MR) is 109 cm³/mol. The van der Waals surface area contributed by atoms with Crippen LogP contribution in [0.15, 0.2) is 69.7 Å². The van der Waals surface area contributed by atoms with Gasteiger partial charge in [-0.3, -0.25) is 9.59 Å². The third-order valence-electron chi connectivity index (χ3n) is 4.15. The summed E-state index contributed by atoms with van der Waals surface area (Å²) in [5.41, 5.74) is 1.37. The quantitative estimate of drug-likeness (QED) is 0.472. The molecular weight excluding hydrogens is 396 g/mol. The third-order valence-corrected chi connectivity index (χ3v) is 4.39. The van der Waals surface area contributed by atoms with Crippen LogP contribution < -0.4 is 15.4 Å². The summed E-state index contributed by atoms with van der Waals surface area (Å²) in [5, 5.41) is 6.70. The van der Waals surface area contributed by atoms with Gasteiger partial charge in [0.2, 0.25) is 0 Å². The minimum Gasteiger partial charge on any atom is -0.495 e. The van der Waals surface area contributed by atoms with E-state index in [1.807, 2.05) is 0 Å². The number of rotatable bonds is 5. The van der Waals surface area contributed by atoms with Crippen molar-refractivity contribution >= 4 is 45.8 Å². The van der Waals surface area contributed by atoms with Gasteiger partial charge in [-0.05, 0) is 54.6 Å². The van der Waals surface area contributed by atoms with Crippen molar-refractivity contribution in [3.8, 4) is 5.75 Å². The first-order chi connectivity index (χ1) is 14.0. The molecule has 0 aliphatic rings. The zero-order valence-electron chi connectivity index (χ0n) is 15.2. The van der Waals surface area contributed by atoms with Gasteiger partial charge in [-0.1, -0.05) is 11.6 Å². The number of ether oxygens (including phenoxy) is 1. The molecule has 0 aliphatic carbocycles. The highest BCUT2D eigenvalue weighted by Gasteiger charge is 2.16. The number of hydrogen-bond acceptors (Lipinski definition) is 5. The smallest absolute Gasteiger partial charge is 0.291 e. The molecule has 0 aliphatic heterocycles. The van der Waals surface area contributed by atoms with Crippen LogP contribution in [0.25, 0.3) is 11.0 Å². The summed E-state index contributed by atoms with van der Waals surface area (Å²) >= 11 is 5.97. The Morgan fingerprint density at radius 1 is 0.966 bits per heavy atom. The maximum atomic E-state index is 12.7. The van der Waals surface area contributed by atoms with Crippen molar-refractivity contribution < 1.29 is 23.2 Å². The molecule has 0 saturated heterocycles. The van der Waals surface area contributed by atoms with Gasteiger partial charge in [0.1, 0.15) is 11.3 Å². The summed E-state index contributed by atoms with van der Waals surface area (Å²) in [6.07, 6.45) is 1.41. The number of anilines is 2. The highest BCUT2D eigenvalue weighted by atomic mass is 35.5. The summed E-state index contributed by atoms with van der Waals surface area (Å²) in [6, 6.07) is 14.7. The molecule has 2 heterocycles. The van der Waals surface area contributed by atoms with Crippen LogP contribution in [0.4, 0.5) is 11.4 Å². The average molecular weight is 411 g/mol. The van der Waals surface area contributed by atoms with Crippen molar-refractivity contribution in [3.63, 3.8) is 0 Å². The highest BCUT2D eigenvalue weighted by molar-refractivity contribution is 6.31. The minimum absolute atomic E-state index is 0.120. The summed E-state index contributed by atoms with van der Waals surface area (Å²) < 4.78 is 15.9. The molecule has 2 N–H and O–H groups in total. The maximum Gasteiger partial charge on any atom is 0.291 e. The fourth-order valence-electron chi connectivity index (χ4n) is 2.79. The number of carbonyl (C=O) groups excluding carboxylic acids is 2. The first kappa shape index (κ1) is 18.6. The number of fused-ring (bicyclic) bond motifs is 1. The van der Waals surface area contributed by atoms with E-state index in [2.05, 4.69) is 10.6 Å². The second kappa shape index (κ2) is 7.73. The SMILES string of the molecule is COc1ccc(NC(=O)c2ccco2)cc1NC(=O)c1cc2cc(Cl)ccc2o1. The van der Waals surface area contributed by atoms with Crippen LogP contribution in [0.3, 0.4) is 0 Å². The van der Waals surface area contributed by atoms with Gasteiger partial charge in [0.25, 0.3) is 11.8 Å². The van der Waals surface area contributed by atoms with E-state index in [1.165, 1.54) is 13.4 Å². The van der Waals surface area contributed by atoms with Gasteiger partial charge >= 0.3 is 0 Å². The van der Waals surface area contributed by atoms with E-state index in [9.17, 15) is 9.59 Å². The largest absolute Gasteiger partial charge is 0.495 e. The molecule has 0 saturated carbocycles. The summed E-state index contributed by atoms with van der Waals surface area (Å²) in [4.78, 5) is 24.8. The Morgan fingerprint density at radius 3 is 2.55 bits per heavy atom. The van der Waals surface area contributed by atoms with E-state index < -0.39 is 11.8 Å². The standard InChI is InChI=1S/C21H15ClN2O5/c1-27-17-7-5-14(23-20(25)18-3-2-8-28-18)11-15(17)24-21(26)19-10-12-9-13(22)4-6-16(12)29-19/h2-11H,1H3,(H,23,25)(H,24,26). The molecule has 4 aromatic rings. The number of carbonyl (C=O) groups is 2. The van der Waals surface area contributed by atoms with Gasteiger partial charge in [0.05, 0.1) is 19.1 Å². The average Bonchev–Trinajstić information content (AvgIpc) is 3.38. The lowest BCUT2D eigenvalue weighted by Crippen LogP contribution is -2.14. The molecule has 2 amide bonds. The van der Waals surface area contributed by atoms with Gasteiger partial charge < -0.3 is 24.2 Å². The molecule has 0 fully saturated rings. The molecule has 0 unspecified atom stereocenters. The molecule has 0 atom stereocenters. The first-order valence-corrected chi connectivity index (χ1v) is 8.94. The van der Waals surface area contributed by atoms with Gasteiger partial charge in [-0.15, -0.1) is 0 Å². The summed E-state index contributed by atoms with van der Waals surface area (Å²) in [5.74, 6) is -0.160. The van der Waals surface area contributed by atoms with Crippen molar-refractivity contribution in [2.45, 2.75) is 0 Å². The second-order valence-electron chi connectivity index (χ2n) is 6.09. The van der Waals surface area contributed by atoms with Crippen molar-refractivity contribution in [1.29, 1.82) is 0 Å². The predicted octanol–water partition coefficient (Wildman–Crippen LogP) is 5.19. The number of hydrogen-bond donors (Lipinski definition) is 2. The van der Waals surface area contributed by atoms with Gasteiger partial charge in [0.15, 0.2) is 11.5 Å². The Morgan fingerprint density at radius 2 is 1.79 bits per heavy atom. The van der Waals surface area contributed by atoms with E-state index in [-0.39, 0.29) is 11.5 Å². The highest BCUT2D eigenvalue weighted by Crippen LogP contribution is 2.30. The molecule has 2 aromatic heterocycles. The number of furan rings is 2. The molecule has 0 bridgehead atoms. The zero-order chi connectivity index (χ0) is 20.4. The van der Waals surface area contributed by atoms with E-state index in [0.717, 1.165) is 0 Å². The lowest BCUT2D eigenvalue weighted by atomic mass is 10.2. The number of nitrogens with one attached hydrogen (secondary N) is 2. The first-order valence-electron chi connectivity index (χ1n) is 8.57. The maximum absolute atomic E-state index is 12.7. The van der Waals surface area contributed by atoms with Gasteiger partial charge in [-0.2, -0.15) is 0 Å². The van der Waals surface area contributed by atoms with Crippen LogP contribution in [-0.4, -0.2) is 18.9 Å². The Balaban J connectivity index is 1.57. The number of methoxy groups -OCH3 is 1. The van der Waals surface area contributed by atoms with E-state index in [4.69, 9.17) is 25.2 Å². The van der Waals surface area contributed by atoms with Crippen molar-refractivity contribution in [1.82, 2.24) is 0 Å². The number of benzene rings is 2. The van der Waals surface area contributed by atoms with Crippen LogP contribution >= 0.6 is 11.6 Å². The third kappa shape index (κ3) is 3.95. The minimum atomic E-state index is -0.467. The second-order valence-corrected chi connectivity index (χ2v) is 6.53. The van der Waals surface area contributed by atoms with Crippen molar-refractivity contribution in [3.05, 3.63) is 77.4 Å². The molecule has 0 radical (unpaired) electrons. The molecule has 2 aromatic carbocycles. The summed E-state index contributed by atoms with van der Waals surface area (Å²) in [6.45, 7) is 0. The Hall–Kier alpha value is -3.71. The molecule has 29 heavy (non-hydrogen) atoms. The molecule has 4 rings (SSSR count). The molecule has 8 heteroatoms. The molecule has 7 nitrogen and oxygen atoms in total. The van der Waals surface area contributed by atoms with Crippen LogP contribution in [0.5, 0.6) is 5.75 Å². The van der Waals surface area contributed by atoms with E-state index in [1.54, 1.807) is 54.6 Å². The van der Waals surface area contributed by atoms with Gasteiger partial charge in [-0.25, -0.2) is 0 Å². The Bertz CT molecular complexity index is 1200.